The van der Waals surface area contributed by atoms with Crippen molar-refractivity contribution in [2.75, 3.05) is 5.73 Å². The number of benzene rings is 1. The highest BCUT2D eigenvalue weighted by Gasteiger charge is 2.21. The number of rotatable bonds is 4. The van der Waals surface area contributed by atoms with E-state index in [9.17, 15) is 0 Å². The summed E-state index contributed by atoms with van der Waals surface area (Å²) < 4.78 is 1.90. The van der Waals surface area contributed by atoms with Crippen LogP contribution in [-0.4, -0.2) is 20.2 Å². The lowest BCUT2D eigenvalue weighted by molar-refractivity contribution is 0.333. The van der Waals surface area contributed by atoms with Gasteiger partial charge in [0.25, 0.3) is 0 Å². The number of aryl methyl sites for hydroxylation is 1. The van der Waals surface area contributed by atoms with Gasteiger partial charge in [0.1, 0.15) is 0 Å². The Morgan fingerprint density at radius 3 is 2.68 bits per heavy atom. The number of para-hydroxylation sites is 1. The number of nitrogen functional groups attached to an aromatic ring is 1. The van der Waals surface area contributed by atoms with Crippen LogP contribution in [0.4, 0.5) is 5.69 Å². The summed E-state index contributed by atoms with van der Waals surface area (Å²) in [4.78, 5) is 0. The Morgan fingerprint density at radius 1 is 1.32 bits per heavy atom. The van der Waals surface area contributed by atoms with Crippen molar-refractivity contribution in [2.45, 2.75) is 40.2 Å². The largest absolute Gasteiger partial charge is 0.398 e. The molecule has 0 aliphatic rings. The summed E-state index contributed by atoms with van der Waals surface area (Å²) in [6.07, 6.45) is 0.988. The van der Waals surface area contributed by atoms with Crippen LogP contribution in [0.2, 0.25) is 0 Å². The fourth-order valence-electron chi connectivity index (χ4n) is 2.40. The third-order valence-electron chi connectivity index (χ3n) is 3.56. The van der Waals surface area contributed by atoms with Gasteiger partial charge in [-0.3, -0.25) is 0 Å². The molecule has 102 valence electrons. The molecule has 0 bridgehead atoms. The fraction of sp³-hybridized carbons (Fsp3) is 0.500. The third kappa shape index (κ3) is 2.45. The first-order valence-electron chi connectivity index (χ1n) is 6.69. The summed E-state index contributed by atoms with van der Waals surface area (Å²) in [5.74, 6) is 1.22. The lowest BCUT2D eigenvalue weighted by Crippen LogP contribution is -2.17. The Labute approximate surface area is 113 Å². The monoisotopic (exact) mass is 259 g/mol. The lowest BCUT2D eigenvalue weighted by atomic mass is 10.0. The topological polar surface area (TPSA) is 69.6 Å². The molecule has 0 saturated heterocycles. The maximum atomic E-state index is 6.15. The number of hydrogen-bond acceptors (Lipinski definition) is 4. The average Bonchev–Trinajstić information content (AvgIpc) is 2.82. The van der Waals surface area contributed by atoms with Crippen molar-refractivity contribution in [1.29, 1.82) is 0 Å². The van der Waals surface area contributed by atoms with Crippen molar-refractivity contribution < 1.29 is 0 Å². The van der Waals surface area contributed by atoms with E-state index in [1.165, 1.54) is 0 Å². The second kappa shape index (κ2) is 5.38. The highest BCUT2D eigenvalue weighted by Crippen LogP contribution is 2.30. The molecule has 1 unspecified atom stereocenters. The van der Waals surface area contributed by atoms with Crippen molar-refractivity contribution in [1.82, 2.24) is 20.2 Å². The molecule has 5 heteroatoms. The average molecular weight is 259 g/mol. The maximum Gasteiger partial charge on any atom is 0.184 e. The normalized spacial score (nSPS) is 12.9. The van der Waals surface area contributed by atoms with Gasteiger partial charge in [0.15, 0.2) is 5.82 Å². The standard InChI is InChI=1S/C14H21N5/c1-5-12(9(2)3)19-14(16-17-18-19)11-8-6-7-10(4)13(11)15/h6-9,12H,5,15H2,1-4H3. The minimum Gasteiger partial charge on any atom is -0.398 e. The zero-order chi connectivity index (χ0) is 14.0. The number of anilines is 1. The van der Waals surface area contributed by atoms with E-state index >= 15 is 0 Å². The molecule has 0 amide bonds. The molecule has 0 spiro atoms. The van der Waals surface area contributed by atoms with Gasteiger partial charge < -0.3 is 5.73 Å². The Bertz CT molecular complexity index is 559. The molecule has 0 aliphatic heterocycles. The second-order valence-electron chi connectivity index (χ2n) is 5.20. The summed E-state index contributed by atoms with van der Waals surface area (Å²) >= 11 is 0. The molecule has 0 aliphatic carbocycles. The van der Waals surface area contributed by atoms with Gasteiger partial charge in [-0.2, -0.15) is 0 Å². The fourth-order valence-corrected chi connectivity index (χ4v) is 2.40. The highest BCUT2D eigenvalue weighted by atomic mass is 15.5. The predicted octanol–water partition coefficient (Wildman–Crippen LogP) is 2.84. The molecule has 1 heterocycles. The van der Waals surface area contributed by atoms with Crippen molar-refractivity contribution in [3.63, 3.8) is 0 Å². The highest BCUT2D eigenvalue weighted by molar-refractivity contribution is 5.74. The molecule has 19 heavy (non-hydrogen) atoms. The Kier molecular flexibility index (Phi) is 3.83. The number of tetrazole rings is 1. The van der Waals surface area contributed by atoms with E-state index in [1.807, 2.05) is 29.8 Å². The van der Waals surface area contributed by atoms with E-state index in [1.54, 1.807) is 0 Å². The predicted molar refractivity (Wildman–Crippen MR) is 76.6 cm³/mol. The van der Waals surface area contributed by atoms with Crippen LogP contribution in [-0.2, 0) is 0 Å². The molecule has 1 aromatic carbocycles. The van der Waals surface area contributed by atoms with E-state index in [2.05, 4.69) is 36.3 Å². The van der Waals surface area contributed by atoms with Crippen LogP contribution in [0.1, 0.15) is 38.8 Å². The molecule has 2 aromatic rings. The van der Waals surface area contributed by atoms with Gasteiger partial charge in [-0.15, -0.1) is 5.10 Å². The van der Waals surface area contributed by atoms with Crippen LogP contribution in [0.15, 0.2) is 18.2 Å². The van der Waals surface area contributed by atoms with E-state index in [-0.39, 0.29) is 6.04 Å². The molecule has 2 N–H and O–H groups in total. The summed E-state index contributed by atoms with van der Waals surface area (Å²) in [5.41, 5.74) is 8.85. The molecule has 5 nitrogen and oxygen atoms in total. The van der Waals surface area contributed by atoms with Crippen molar-refractivity contribution >= 4 is 5.69 Å². The molecule has 0 radical (unpaired) electrons. The van der Waals surface area contributed by atoms with Gasteiger partial charge in [0.05, 0.1) is 6.04 Å². The van der Waals surface area contributed by atoms with E-state index in [4.69, 9.17) is 5.73 Å². The van der Waals surface area contributed by atoms with Crippen LogP contribution < -0.4 is 5.73 Å². The van der Waals surface area contributed by atoms with Crippen LogP contribution in [0.25, 0.3) is 11.4 Å². The van der Waals surface area contributed by atoms with E-state index in [0.29, 0.717) is 5.92 Å². The van der Waals surface area contributed by atoms with E-state index < -0.39 is 0 Å². The zero-order valence-corrected chi connectivity index (χ0v) is 12.0. The first-order chi connectivity index (χ1) is 9.06. The van der Waals surface area contributed by atoms with Crippen LogP contribution in [0.5, 0.6) is 0 Å². The summed E-state index contributed by atoms with van der Waals surface area (Å²) in [6.45, 7) is 8.50. The van der Waals surface area contributed by atoms with E-state index in [0.717, 1.165) is 29.1 Å². The summed E-state index contributed by atoms with van der Waals surface area (Å²) in [7, 11) is 0. The SMILES string of the molecule is CCC(C(C)C)n1nnnc1-c1cccc(C)c1N. The number of aromatic nitrogens is 4. The molecule has 1 atom stereocenters. The van der Waals surface area contributed by atoms with Gasteiger partial charge in [-0.25, -0.2) is 4.68 Å². The summed E-state index contributed by atoms with van der Waals surface area (Å²) in [5, 5.41) is 12.1. The van der Waals surface area contributed by atoms with Crippen LogP contribution in [0, 0.1) is 12.8 Å². The smallest absolute Gasteiger partial charge is 0.184 e. The van der Waals surface area contributed by atoms with Gasteiger partial charge in [0, 0.05) is 11.3 Å². The second-order valence-corrected chi connectivity index (χ2v) is 5.20. The molecule has 2 rings (SSSR count). The van der Waals surface area contributed by atoms with Gasteiger partial charge in [0.2, 0.25) is 0 Å². The Hall–Kier alpha value is -1.91. The van der Waals surface area contributed by atoms with Crippen LogP contribution >= 0.6 is 0 Å². The lowest BCUT2D eigenvalue weighted by Gasteiger charge is -2.20. The molecule has 1 aromatic heterocycles. The Morgan fingerprint density at radius 2 is 2.05 bits per heavy atom. The van der Waals surface area contributed by atoms with Crippen molar-refractivity contribution in [2.24, 2.45) is 5.92 Å². The minimum atomic E-state index is 0.282. The molecule has 0 saturated carbocycles. The van der Waals surface area contributed by atoms with Gasteiger partial charge >= 0.3 is 0 Å². The first-order valence-corrected chi connectivity index (χ1v) is 6.69. The first kappa shape index (κ1) is 13.5. The molecule has 0 fully saturated rings. The summed E-state index contributed by atoms with van der Waals surface area (Å²) in [6, 6.07) is 6.23. The van der Waals surface area contributed by atoms with Gasteiger partial charge in [-0.1, -0.05) is 32.9 Å². The quantitative estimate of drug-likeness (QED) is 0.857. The number of nitrogens with two attached hydrogens (primary N) is 1. The zero-order valence-electron chi connectivity index (χ0n) is 12.0. The number of hydrogen-bond donors (Lipinski definition) is 1. The number of nitrogens with zero attached hydrogens (tertiary/aromatic N) is 4. The molecular formula is C14H21N5. The van der Waals surface area contributed by atoms with Crippen molar-refractivity contribution in [3.8, 4) is 11.4 Å². The maximum absolute atomic E-state index is 6.15. The third-order valence-corrected chi connectivity index (χ3v) is 3.56. The van der Waals surface area contributed by atoms with Gasteiger partial charge in [-0.05, 0) is 41.3 Å². The minimum absolute atomic E-state index is 0.282. The van der Waals surface area contributed by atoms with Crippen molar-refractivity contribution in [3.05, 3.63) is 23.8 Å². The Balaban J connectivity index is 2.53. The molecular weight excluding hydrogens is 238 g/mol. The van der Waals surface area contributed by atoms with Crippen LogP contribution in [0.3, 0.4) is 0 Å².